The van der Waals surface area contributed by atoms with Crippen molar-refractivity contribution >= 4 is 11.8 Å². The van der Waals surface area contributed by atoms with E-state index in [-0.39, 0.29) is 25.0 Å². The molecule has 0 radical (unpaired) electrons. The van der Waals surface area contributed by atoms with E-state index in [1.165, 1.54) is 11.9 Å². The summed E-state index contributed by atoms with van der Waals surface area (Å²) in [7, 11) is 1.53. The molecule has 1 fully saturated rings. The Morgan fingerprint density at radius 2 is 2.36 bits per heavy atom. The summed E-state index contributed by atoms with van der Waals surface area (Å²) in [5.74, 6) is -0.474. The van der Waals surface area contributed by atoms with E-state index in [4.69, 9.17) is 5.11 Å². The van der Waals surface area contributed by atoms with Gasteiger partial charge >= 0.3 is 0 Å². The molecular weight excluding hydrogens is 148 g/mol. The fourth-order valence-corrected chi connectivity index (χ4v) is 0.985. The number of piperazine rings is 1. The Hall–Kier alpha value is -1.10. The molecule has 0 aromatic carbocycles. The number of carbonyl (C=O) groups is 2. The lowest BCUT2D eigenvalue weighted by Crippen LogP contribution is -2.57. The number of aliphatic hydroxyl groups is 1. The average Bonchev–Trinajstić information content (AvgIpc) is 1.96. The van der Waals surface area contributed by atoms with Crippen LogP contribution >= 0.6 is 0 Å². The fourth-order valence-electron chi connectivity index (χ4n) is 0.985. The van der Waals surface area contributed by atoms with E-state index < -0.39 is 6.04 Å². The molecule has 1 aliphatic heterocycles. The molecule has 1 heterocycles. The van der Waals surface area contributed by atoms with Gasteiger partial charge in [-0.05, 0) is 0 Å². The van der Waals surface area contributed by atoms with Crippen LogP contribution in [0.5, 0.6) is 0 Å². The first-order valence-electron chi connectivity index (χ1n) is 3.30. The summed E-state index contributed by atoms with van der Waals surface area (Å²) in [6.45, 7) is -0.260. The Morgan fingerprint density at radius 3 is 2.91 bits per heavy atom. The van der Waals surface area contributed by atoms with Gasteiger partial charge in [-0.3, -0.25) is 9.59 Å². The van der Waals surface area contributed by atoms with Crippen LogP contribution in [0.4, 0.5) is 0 Å². The van der Waals surface area contributed by atoms with E-state index in [2.05, 4.69) is 5.32 Å². The molecule has 0 saturated carbocycles. The van der Waals surface area contributed by atoms with Gasteiger partial charge < -0.3 is 15.3 Å². The SMILES string of the molecule is CN1CC(=O)NC(CO)C1=O. The van der Waals surface area contributed by atoms with Crippen molar-refractivity contribution < 1.29 is 14.7 Å². The standard InChI is InChI=1S/C6H10N2O3/c1-8-2-5(10)7-4(3-9)6(8)11/h4,9H,2-3H2,1H3,(H,7,10). The minimum absolute atomic E-state index is 0.0787. The molecule has 62 valence electrons. The highest BCUT2D eigenvalue weighted by Gasteiger charge is 2.29. The molecule has 1 saturated heterocycles. The Balaban J connectivity index is 2.66. The molecule has 1 atom stereocenters. The van der Waals surface area contributed by atoms with Crippen molar-refractivity contribution in [2.45, 2.75) is 6.04 Å². The molecule has 0 spiro atoms. The fraction of sp³-hybridized carbons (Fsp3) is 0.667. The monoisotopic (exact) mass is 158 g/mol. The Labute approximate surface area is 64.0 Å². The average molecular weight is 158 g/mol. The third-order valence-electron chi connectivity index (χ3n) is 1.57. The maximum atomic E-state index is 11.1. The predicted molar refractivity (Wildman–Crippen MR) is 36.7 cm³/mol. The van der Waals surface area contributed by atoms with Gasteiger partial charge in [-0.2, -0.15) is 0 Å². The topological polar surface area (TPSA) is 69.6 Å². The zero-order valence-electron chi connectivity index (χ0n) is 6.20. The lowest BCUT2D eigenvalue weighted by atomic mass is 10.2. The Kier molecular flexibility index (Phi) is 2.09. The summed E-state index contributed by atoms with van der Waals surface area (Å²) in [6, 6.07) is -0.749. The second kappa shape index (κ2) is 2.87. The molecule has 2 amide bonds. The molecule has 11 heavy (non-hydrogen) atoms. The number of rotatable bonds is 1. The molecule has 0 aromatic heterocycles. The van der Waals surface area contributed by atoms with Gasteiger partial charge in [0.2, 0.25) is 11.8 Å². The van der Waals surface area contributed by atoms with Gasteiger partial charge in [-0.15, -0.1) is 0 Å². The van der Waals surface area contributed by atoms with Crippen LogP contribution in [-0.4, -0.2) is 48.1 Å². The number of aliphatic hydroxyl groups excluding tert-OH is 1. The van der Waals surface area contributed by atoms with Crippen molar-refractivity contribution in [3.05, 3.63) is 0 Å². The number of hydrogen-bond donors (Lipinski definition) is 2. The molecule has 1 unspecified atom stereocenters. The van der Waals surface area contributed by atoms with Gasteiger partial charge in [-0.1, -0.05) is 0 Å². The van der Waals surface area contributed by atoms with Gasteiger partial charge in [-0.25, -0.2) is 0 Å². The van der Waals surface area contributed by atoms with Crippen LogP contribution in [0.15, 0.2) is 0 Å². The maximum absolute atomic E-state index is 11.1. The normalized spacial score (nSPS) is 25.3. The number of amides is 2. The van der Waals surface area contributed by atoms with Crippen LogP contribution in [0.3, 0.4) is 0 Å². The molecule has 0 aromatic rings. The predicted octanol–water partition coefficient (Wildman–Crippen LogP) is -2.06. The second-order valence-electron chi connectivity index (χ2n) is 2.50. The third kappa shape index (κ3) is 1.48. The van der Waals surface area contributed by atoms with Crippen LogP contribution < -0.4 is 5.32 Å². The summed E-state index contributed by atoms with van der Waals surface area (Å²) in [4.78, 5) is 23.1. The first-order valence-corrected chi connectivity index (χ1v) is 3.30. The molecule has 1 rings (SSSR count). The van der Waals surface area contributed by atoms with Crippen molar-refractivity contribution in [1.29, 1.82) is 0 Å². The second-order valence-corrected chi connectivity index (χ2v) is 2.50. The van der Waals surface area contributed by atoms with Crippen molar-refractivity contribution in [3.8, 4) is 0 Å². The quantitative estimate of drug-likeness (QED) is 0.461. The number of hydrogen-bond acceptors (Lipinski definition) is 3. The van der Waals surface area contributed by atoms with Crippen LogP contribution in [0.2, 0.25) is 0 Å². The van der Waals surface area contributed by atoms with E-state index in [9.17, 15) is 9.59 Å². The van der Waals surface area contributed by atoms with E-state index in [1.54, 1.807) is 0 Å². The lowest BCUT2D eigenvalue weighted by molar-refractivity contribution is -0.143. The molecule has 5 heteroatoms. The summed E-state index contributed by atoms with van der Waals surface area (Å²) in [5, 5.41) is 11.0. The highest BCUT2D eigenvalue weighted by atomic mass is 16.3. The highest BCUT2D eigenvalue weighted by molar-refractivity contribution is 5.94. The van der Waals surface area contributed by atoms with Crippen LogP contribution in [0.25, 0.3) is 0 Å². The van der Waals surface area contributed by atoms with Crippen LogP contribution in [0.1, 0.15) is 0 Å². The molecule has 0 aliphatic carbocycles. The zero-order valence-corrected chi connectivity index (χ0v) is 6.20. The lowest BCUT2D eigenvalue weighted by Gasteiger charge is -2.28. The first kappa shape index (κ1) is 8.00. The number of carbonyl (C=O) groups excluding carboxylic acids is 2. The number of nitrogens with zero attached hydrogens (tertiary/aromatic N) is 1. The van der Waals surface area contributed by atoms with Crippen LogP contribution in [-0.2, 0) is 9.59 Å². The van der Waals surface area contributed by atoms with E-state index in [0.29, 0.717) is 0 Å². The molecule has 0 bridgehead atoms. The van der Waals surface area contributed by atoms with Crippen molar-refractivity contribution in [2.75, 3.05) is 20.2 Å². The van der Waals surface area contributed by atoms with Gasteiger partial charge in [0, 0.05) is 7.05 Å². The maximum Gasteiger partial charge on any atom is 0.247 e. The number of likely N-dealkylation sites (N-methyl/N-ethyl adjacent to an activating group) is 1. The Morgan fingerprint density at radius 1 is 1.73 bits per heavy atom. The van der Waals surface area contributed by atoms with Gasteiger partial charge in [0.1, 0.15) is 6.04 Å². The van der Waals surface area contributed by atoms with Gasteiger partial charge in [0.25, 0.3) is 0 Å². The van der Waals surface area contributed by atoms with Gasteiger partial charge in [0.15, 0.2) is 0 Å². The minimum Gasteiger partial charge on any atom is -0.394 e. The largest absolute Gasteiger partial charge is 0.394 e. The highest BCUT2D eigenvalue weighted by Crippen LogP contribution is 1.97. The van der Waals surface area contributed by atoms with Crippen molar-refractivity contribution in [3.63, 3.8) is 0 Å². The van der Waals surface area contributed by atoms with Crippen molar-refractivity contribution in [1.82, 2.24) is 10.2 Å². The smallest absolute Gasteiger partial charge is 0.247 e. The summed E-state index contributed by atoms with van der Waals surface area (Å²) in [6.07, 6.45) is 0. The number of nitrogens with one attached hydrogen (secondary N) is 1. The Bertz CT molecular complexity index is 192. The van der Waals surface area contributed by atoms with Crippen LogP contribution in [0, 0.1) is 0 Å². The molecule has 2 N–H and O–H groups in total. The summed E-state index contributed by atoms with van der Waals surface area (Å²) < 4.78 is 0. The third-order valence-corrected chi connectivity index (χ3v) is 1.57. The summed E-state index contributed by atoms with van der Waals surface area (Å²) in [5.41, 5.74) is 0. The zero-order chi connectivity index (χ0) is 8.43. The van der Waals surface area contributed by atoms with E-state index >= 15 is 0 Å². The van der Waals surface area contributed by atoms with Crippen molar-refractivity contribution in [2.24, 2.45) is 0 Å². The molecule has 1 aliphatic rings. The molecular formula is C6H10N2O3. The summed E-state index contributed by atoms with van der Waals surface area (Å²) >= 11 is 0. The molecule has 5 nitrogen and oxygen atoms in total. The van der Waals surface area contributed by atoms with E-state index in [0.717, 1.165) is 0 Å². The van der Waals surface area contributed by atoms with E-state index in [1.807, 2.05) is 0 Å². The first-order chi connectivity index (χ1) is 5.15. The minimum atomic E-state index is -0.749. The van der Waals surface area contributed by atoms with Gasteiger partial charge in [0.05, 0.1) is 13.2 Å².